The van der Waals surface area contributed by atoms with Crippen LogP contribution in [0.5, 0.6) is 0 Å². The van der Waals surface area contributed by atoms with Crippen LogP contribution in [0.15, 0.2) is 97.3 Å². The average molecular weight is 581 g/mol. The predicted molar refractivity (Wildman–Crippen MR) is 164 cm³/mol. The Morgan fingerprint density at radius 3 is 2.23 bits per heavy atom. The van der Waals surface area contributed by atoms with Crippen molar-refractivity contribution in [2.24, 2.45) is 11.7 Å². The maximum atomic E-state index is 13.3. The summed E-state index contributed by atoms with van der Waals surface area (Å²) in [6.07, 6.45) is 6.44. The zero-order valence-corrected chi connectivity index (χ0v) is 24.1. The molecule has 1 saturated heterocycles. The van der Waals surface area contributed by atoms with Gasteiger partial charge in [-0.15, -0.1) is 0 Å². The van der Waals surface area contributed by atoms with E-state index < -0.39 is 5.92 Å². The van der Waals surface area contributed by atoms with Gasteiger partial charge in [-0.3, -0.25) is 24.5 Å². The SMILES string of the molecule is N[C@H](CC(=O)CCc1ccccc1)Cc1cn(NC(=O)[C@@H]2CC(=O)N(Cc3ccc(F)cc3)C2)cc1Cc1ccccc1. The second-order valence-corrected chi connectivity index (χ2v) is 11.3. The maximum absolute atomic E-state index is 13.3. The van der Waals surface area contributed by atoms with Crippen molar-refractivity contribution >= 4 is 17.6 Å². The first-order chi connectivity index (χ1) is 20.8. The number of benzene rings is 3. The summed E-state index contributed by atoms with van der Waals surface area (Å²) in [6.45, 7) is 0.628. The van der Waals surface area contributed by atoms with Crippen LogP contribution in [0.1, 0.15) is 47.1 Å². The van der Waals surface area contributed by atoms with Crippen molar-refractivity contribution in [3.63, 3.8) is 0 Å². The molecule has 1 aliphatic heterocycles. The Morgan fingerprint density at radius 2 is 1.53 bits per heavy atom. The molecule has 0 bridgehead atoms. The van der Waals surface area contributed by atoms with Crippen molar-refractivity contribution in [3.05, 3.63) is 131 Å². The number of likely N-dealkylation sites (tertiary alicyclic amines) is 1. The first-order valence-corrected chi connectivity index (χ1v) is 14.7. The van der Waals surface area contributed by atoms with Gasteiger partial charge in [-0.2, -0.15) is 0 Å². The van der Waals surface area contributed by atoms with Crippen LogP contribution in [0, 0.1) is 11.7 Å². The van der Waals surface area contributed by atoms with Gasteiger partial charge in [-0.05, 0) is 59.2 Å². The molecule has 1 aliphatic rings. The average Bonchev–Trinajstić information content (AvgIpc) is 3.55. The van der Waals surface area contributed by atoms with Crippen LogP contribution in [0.25, 0.3) is 0 Å². The quantitative estimate of drug-likeness (QED) is 0.238. The van der Waals surface area contributed by atoms with Gasteiger partial charge in [0.2, 0.25) is 11.8 Å². The molecule has 7 nitrogen and oxygen atoms in total. The van der Waals surface area contributed by atoms with Crippen molar-refractivity contribution in [1.29, 1.82) is 0 Å². The van der Waals surface area contributed by atoms with Gasteiger partial charge in [-0.25, -0.2) is 4.39 Å². The van der Waals surface area contributed by atoms with E-state index in [0.717, 1.165) is 27.8 Å². The van der Waals surface area contributed by atoms with Crippen LogP contribution in [0.3, 0.4) is 0 Å². The van der Waals surface area contributed by atoms with Gasteiger partial charge in [0.1, 0.15) is 11.6 Å². The van der Waals surface area contributed by atoms with E-state index in [1.54, 1.807) is 21.7 Å². The number of rotatable bonds is 13. The lowest BCUT2D eigenvalue weighted by atomic mass is 9.96. The van der Waals surface area contributed by atoms with Gasteiger partial charge in [0.05, 0.1) is 5.92 Å². The number of nitrogens with two attached hydrogens (primary N) is 1. The number of Topliss-reactive ketones (excluding diaryl/α,β-unsaturated/α-hetero) is 1. The summed E-state index contributed by atoms with van der Waals surface area (Å²) in [4.78, 5) is 40.2. The second kappa shape index (κ2) is 14.1. The smallest absolute Gasteiger partial charge is 0.244 e. The summed E-state index contributed by atoms with van der Waals surface area (Å²) in [6, 6.07) is 25.6. The molecular weight excluding hydrogens is 543 g/mol. The molecule has 0 aliphatic carbocycles. The molecule has 0 unspecified atom stereocenters. The van der Waals surface area contributed by atoms with E-state index in [4.69, 9.17) is 5.73 Å². The van der Waals surface area contributed by atoms with E-state index in [1.807, 2.05) is 73.1 Å². The number of nitrogens with zero attached hydrogens (tertiary/aromatic N) is 2. The van der Waals surface area contributed by atoms with Gasteiger partial charge >= 0.3 is 0 Å². The zero-order valence-electron chi connectivity index (χ0n) is 24.1. The lowest BCUT2D eigenvalue weighted by molar-refractivity contribution is -0.128. The van der Waals surface area contributed by atoms with E-state index in [2.05, 4.69) is 5.43 Å². The Labute approximate surface area is 251 Å². The first kappa shape index (κ1) is 29.9. The van der Waals surface area contributed by atoms with Crippen LogP contribution < -0.4 is 11.2 Å². The molecule has 1 aromatic heterocycles. The molecule has 222 valence electrons. The summed E-state index contributed by atoms with van der Waals surface area (Å²) in [5.41, 5.74) is 14.4. The molecule has 0 spiro atoms. The lowest BCUT2D eigenvalue weighted by Gasteiger charge is -2.17. The fourth-order valence-electron chi connectivity index (χ4n) is 5.57. The minimum atomic E-state index is -0.499. The molecule has 43 heavy (non-hydrogen) atoms. The number of aryl methyl sites for hydroxylation is 1. The standard InChI is InChI=1S/C35H37FN4O3/c36-31-14-11-27(12-15-31)21-39-22-30(19-34(39)42)35(43)38-40-23-28(17-26-9-5-2-6-10-26)29(24-40)18-32(37)20-33(41)16-13-25-7-3-1-4-8-25/h1-12,14-15,23-24,30,32H,13,16-22,37H2,(H,38,43)/t30-,32+/m1/s1. The summed E-state index contributed by atoms with van der Waals surface area (Å²) in [7, 11) is 0. The Hall–Kier alpha value is -4.56. The van der Waals surface area contributed by atoms with Crippen LogP contribution in [0.2, 0.25) is 0 Å². The minimum Gasteiger partial charge on any atom is -0.338 e. The largest absolute Gasteiger partial charge is 0.338 e. The van der Waals surface area contributed by atoms with Crippen molar-refractivity contribution in [2.45, 2.75) is 51.1 Å². The molecule has 0 saturated carbocycles. The topological polar surface area (TPSA) is 97.4 Å². The molecular formula is C35H37FN4O3. The maximum Gasteiger partial charge on any atom is 0.244 e. The Balaban J connectivity index is 1.22. The van der Waals surface area contributed by atoms with Crippen LogP contribution in [0.4, 0.5) is 4.39 Å². The highest BCUT2D eigenvalue weighted by Gasteiger charge is 2.34. The van der Waals surface area contributed by atoms with Crippen LogP contribution in [-0.2, 0) is 40.2 Å². The molecule has 2 amide bonds. The Morgan fingerprint density at radius 1 is 0.884 bits per heavy atom. The van der Waals surface area contributed by atoms with Gasteiger partial charge in [0.25, 0.3) is 0 Å². The van der Waals surface area contributed by atoms with Gasteiger partial charge in [0, 0.05) is 50.8 Å². The fourth-order valence-corrected chi connectivity index (χ4v) is 5.57. The molecule has 8 heteroatoms. The third-order valence-electron chi connectivity index (χ3n) is 7.86. The number of halogens is 1. The number of carbonyl (C=O) groups is 3. The van der Waals surface area contributed by atoms with Crippen molar-refractivity contribution < 1.29 is 18.8 Å². The molecule has 5 rings (SSSR count). The molecule has 0 radical (unpaired) electrons. The number of carbonyl (C=O) groups excluding carboxylic acids is 3. The predicted octanol–water partition coefficient (Wildman–Crippen LogP) is 4.80. The van der Waals surface area contributed by atoms with E-state index in [9.17, 15) is 18.8 Å². The number of ketones is 1. The minimum absolute atomic E-state index is 0.106. The highest BCUT2D eigenvalue weighted by Crippen LogP contribution is 2.22. The number of amides is 2. The monoisotopic (exact) mass is 580 g/mol. The zero-order chi connectivity index (χ0) is 30.2. The molecule has 2 heterocycles. The normalized spacial score (nSPS) is 15.4. The van der Waals surface area contributed by atoms with Crippen molar-refractivity contribution in [1.82, 2.24) is 9.58 Å². The van der Waals surface area contributed by atoms with Gasteiger partial charge in [0.15, 0.2) is 0 Å². The molecule has 4 aromatic rings. The van der Waals surface area contributed by atoms with E-state index in [0.29, 0.717) is 38.8 Å². The highest BCUT2D eigenvalue weighted by molar-refractivity contribution is 5.93. The Bertz CT molecular complexity index is 1540. The second-order valence-electron chi connectivity index (χ2n) is 11.3. The number of aromatic nitrogens is 1. The summed E-state index contributed by atoms with van der Waals surface area (Å²) < 4.78 is 14.9. The molecule has 2 atom stereocenters. The molecule has 3 aromatic carbocycles. The fraction of sp³-hybridized carbons (Fsp3) is 0.286. The summed E-state index contributed by atoms with van der Waals surface area (Å²) in [5, 5.41) is 0. The van der Waals surface area contributed by atoms with E-state index in [-0.39, 0.29) is 42.3 Å². The third kappa shape index (κ3) is 8.49. The highest BCUT2D eigenvalue weighted by atomic mass is 19.1. The molecule has 1 fully saturated rings. The number of nitrogens with one attached hydrogen (secondary N) is 1. The summed E-state index contributed by atoms with van der Waals surface area (Å²) in [5.74, 6) is -1.05. The van der Waals surface area contributed by atoms with Gasteiger partial charge < -0.3 is 10.6 Å². The first-order valence-electron chi connectivity index (χ1n) is 14.7. The molecule has 3 N–H and O–H groups in total. The lowest BCUT2D eigenvalue weighted by Crippen LogP contribution is -2.31. The number of hydrogen-bond donors (Lipinski definition) is 2. The van der Waals surface area contributed by atoms with Crippen LogP contribution >= 0.6 is 0 Å². The third-order valence-corrected chi connectivity index (χ3v) is 7.86. The van der Waals surface area contributed by atoms with Crippen molar-refractivity contribution in [2.75, 3.05) is 12.0 Å². The van der Waals surface area contributed by atoms with Crippen LogP contribution in [-0.4, -0.2) is 39.8 Å². The Kier molecular flexibility index (Phi) is 9.79. The van der Waals surface area contributed by atoms with Gasteiger partial charge in [-0.1, -0.05) is 72.8 Å². The van der Waals surface area contributed by atoms with Crippen molar-refractivity contribution in [3.8, 4) is 0 Å². The van der Waals surface area contributed by atoms with E-state index >= 15 is 0 Å². The van der Waals surface area contributed by atoms with E-state index in [1.165, 1.54) is 12.1 Å². The summed E-state index contributed by atoms with van der Waals surface area (Å²) >= 11 is 0. The number of hydrogen-bond acceptors (Lipinski definition) is 4.